The number of thiazole rings is 1. The lowest BCUT2D eigenvalue weighted by atomic mass is 9.96. The Morgan fingerprint density at radius 2 is 1.95 bits per heavy atom. The number of fused-ring (bicyclic) bond motifs is 1. The lowest BCUT2D eigenvalue weighted by Crippen LogP contribution is -2.39. The number of rotatable bonds is 9. The highest BCUT2D eigenvalue weighted by Gasteiger charge is 2.33. The van der Waals surface area contributed by atoms with Crippen molar-refractivity contribution in [3.05, 3.63) is 95.6 Å². The summed E-state index contributed by atoms with van der Waals surface area (Å²) >= 11 is 4.61. The van der Waals surface area contributed by atoms with Crippen LogP contribution in [-0.2, 0) is 14.3 Å². The number of ether oxygens (including phenoxy) is 4. The maximum Gasteiger partial charge on any atom is 0.338 e. The molecule has 40 heavy (non-hydrogen) atoms. The molecule has 1 aromatic heterocycles. The summed E-state index contributed by atoms with van der Waals surface area (Å²) in [7, 11) is 1.46. The zero-order chi connectivity index (χ0) is 29.0. The van der Waals surface area contributed by atoms with Crippen molar-refractivity contribution in [3.8, 4) is 17.2 Å². The van der Waals surface area contributed by atoms with Crippen molar-refractivity contribution in [3.63, 3.8) is 0 Å². The number of allylic oxidation sites excluding steroid dienone is 1. The van der Waals surface area contributed by atoms with Crippen LogP contribution < -0.4 is 29.1 Å². The SMILES string of the molecule is C=CCOc1ccc([C@@H]2C(C(=O)OCC)=C(C)N=c3sc(=Cc4cc(Br)c(OC(C)=O)c(OC)c4)c(=O)n32)cc1. The minimum Gasteiger partial charge on any atom is -0.493 e. The summed E-state index contributed by atoms with van der Waals surface area (Å²) in [6.45, 7) is 8.94. The molecule has 0 saturated carbocycles. The third kappa shape index (κ3) is 5.95. The average Bonchev–Trinajstić information content (AvgIpc) is 3.22. The lowest BCUT2D eigenvalue weighted by molar-refractivity contribution is -0.139. The van der Waals surface area contributed by atoms with Crippen LogP contribution >= 0.6 is 27.3 Å². The molecule has 208 valence electrons. The minimum atomic E-state index is -0.751. The first-order valence-corrected chi connectivity index (χ1v) is 13.9. The van der Waals surface area contributed by atoms with Crippen molar-refractivity contribution in [2.45, 2.75) is 26.8 Å². The molecule has 3 aromatic rings. The molecule has 2 aromatic carbocycles. The second-order valence-electron chi connectivity index (χ2n) is 8.60. The van der Waals surface area contributed by atoms with Gasteiger partial charge in [-0.05, 0) is 71.2 Å². The van der Waals surface area contributed by atoms with E-state index < -0.39 is 18.0 Å². The monoisotopic (exact) mass is 626 g/mol. The van der Waals surface area contributed by atoms with Crippen LogP contribution in [0, 0.1) is 0 Å². The fraction of sp³-hybridized carbons (Fsp3) is 0.241. The van der Waals surface area contributed by atoms with Crippen LogP contribution in [0.5, 0.6) is 17.2 Å². The quantitative estimate of drug-likeness (QED) is 0.200. The van der Waals surface area contributed by atoms with Crippen LogP contribution in [0.3, 0.4) is 0 Å². The molecule has 0 unspecified atom stereocenters. The zero-order valence-electron chi connectivity index (χ0n) is 22.4. The van der Waals surface area contributed by atoms with Crippen LogP contribution in [-0.4, -0.2) is 36.8 Å². The topological polar surface area (TPSA) is 105 Å². The molecular weight excluding hydrogens is 600 g/mol. The third-order valence-corrected chi connectivity index (χ3v) is 7.45. The molecule has 0 radical (unpaired) electrons. The Kier molecular flexibility index (Phi) is 9.06. The average molecular weight is 628 g/mol. The number of hydrogen-bond acceptors (Lipinski definition) is 9. The van der Waals surface area contributed by atoms with E-state index in [1.165, 1.54) is 29.9 Å². The van der Waals surface area contributed by atoms with Gasteiger partial charge in [-0.25, -0.2) is 9.79 Å². The van der Waals surface area contributed by atoms with Crippen molar-refractivity contribution in [2.24, 2.45) is 4.99 Å². The number of carbonyl (C=O) groups is 2. The Morgan fingerprint density at radius 3 is 2.58 bits per heavy atom. The van der Waals surface area contributed by atoms with E-state index in [9.17, 15) is 14.4 Å². The Morgan fingerprint density at radius 1 is 1.23 bits per heavy atom. The van der Waals surface area contributed by atoms with Gasteiger partial charge in [-0.15, -0.1) is 0 Å². The Labute approximate surface area is 242 Å². The highest BCUT2D eigenvalue weighted by atomic mass is 79.9. The minimum absolute atomic E-state index is 0.182. The van der Waals surface area contributed by atoms with Gasteiger partial charge in [0.1, 0.15) is 12.4 Å². The molecular formula is C29H27BrN2O7S. The summed E-state index contributed by atoms with van der Waals surface area (Å²) in [6, 6.07) is 9.81. The smallest absolute Gasteiger partial charge is 0.338 e. The van der Waals surface area contributed by atoms with Crippen molar-refractivity contribution in [2.75, 3.05) is 20.3 Å². The maximum absolute atomic E-state index is 13.9. The van der Waals surface area contributed by atoms with Crippen LogP contribution in [0.4, 0.5) is 0 Å². The van der Waals surface area contributed by atoms with Gasteiger partial charge >= 0.3 is 11.9 Å². The number of methoxy groups -OCH3 is 1. The predicted molar refractivity (Wildman–Crippen MR) is 155 cm³/mol. The van der Waals surface area contributed by atoms with E-state index >= 15 is 0 Å². The summed E-state index contributed by atoms with van der Waals surface area (Å²) in [5, 5.41) is 0. The first-order valence-electron chi connectivity index (χ1n) is 12.3. The van der Waals surface area contributed by atoms with Gasteiger partial charge in [0, 0.05) is 6.92 Å². The summed E-state index contributed by atoms with van der Waals surface area (Å²) in [6.07, 6.45) is 3.34. The Bertz CT molecular complexity index is 1690. The van der Waals surface area contributed by atoms with Gasteiger partial charge in [0.2, 0.25) is 0 Å². The van der Waals surface area contributed by atoms with Crippen molar-refractivity contribution in [1.82, 2.24) is 4.57 Å². The molecule has 1 aliphatic heterocycles. The van der Waals surface area contributed by atoms with Crippen LogP contribution in [0.1, 0.15) is 37.9 Å². The Hall–Kier alpha value is -3.96. The number of hydrogen-bond donors (Lipinski definition) is 0. The number of esters is 2. The highest BCUT2D eigenvalue weighted by molar-refractivity contribution is 9.10. The molecule has 0 bridgehead atoms. The van der Waals surface area contributed by atoms with E-state index in [2.05, 4.69) is 27.5 Å². The molecule has 4 rings (SSSR count). The number of aromatic nitrogens is 1. The molecule has 1 atom stereocenters. The molecule has 0 N–H and O–H groups in total. The number of benzene rings is 2. The van der Waals surface area contributed by atoms with Gasteiger partial charge in [0.05, 0.1) is 40.0 Å². The standard InChI is InChI=1S/C29H27BrN2O7S/c1-6-12-38-20-10-8-19(9-11-20)25-24(28(35)37-7-2)16(3)31-29-32(25)27(34)23(40-29)15-18-13-21(30)26(39-17(4)33)22(14-18)36-5/h6,8-11,13-15,25H,1,7,12H2,2-5H3/t25-/m1/s1. The normalized spacial score (nSPS) is 14.7. The fourth-order valence-corrected chi connectivity index (χ4v) is 5.81. The summed E-state index contributed by atoms with van der Waals surface area (Å²) in [5.41, 5.74) is 1.76. The van der Waals surface area contributed by atoms with Crippen LogP contribution in [0.2, 0.25) is 0 Å². The van der Waals surface area contributed by atoms with E-state index in [1.807, 2.05) is 12.1 Å². The van der Waals surface area contributed by atoms with Crippen molar-refractivity contribution >= 4 is 45.3 Å². The van der Waals surface area contributed by atoms with Gasteiger partial charge in [-0.2, -0.15) is 0 Å². The number of halogens is 1. The second-order valence-corrected chi connectivity index (χ2v) is 10.5. The molecule has 9 nitrogen and oxygen atoms in total. The van der Waals surface area contributed by atoms with Gasteiger partial charge in [0.15, 0.2) is 16.3 Å². The molecule has 0 saturated heterocycles. The van der Waals surface area contributed by atoms with E-state index in [0.29, 0.717) is 48.7 Å². The number of carbonyl (C=O) groups excluding carboxylic acids is 2. The zero-order valence-corrected chi connectivity index (χ0v) is 24.8. The molecule has 11 heteroatoms. The molecule has 0 spiro atoms. The summed E-state index contributed by atoms with van der Waals surface area (Å²) in [4.78, 5) is 43.5. The van der Waals surface area contributed by atoms with E-state index in [-0.39, 0.29) is 23.5 Å². The third-order valence-electron chi connectivity index (χ3n) is 5.88. The van der Waals surface area contributed by atoms with E-state index in [0.717, 1.165) is 0 Å². The Balaban J connectivity index is 1.88. The van der Waals surface area contributed by atoms with Gasteiger partial charge in [-0.3, -0.25) is 14.2 Å². The lowest BCUT2D eigenvalue weighted by Gasteiger charge is -2.24. The molecule has 1 aliphatic rings. The largest absolute Gasteiger partial charge is 0.493 e. The highest BCUT2D eigenvalue weighted by Crippen LogP contribution is 2.37. The van der Waals surface area contributed by atoms with Gasteiger partial charge in [-0.1, -0.05) is 36.1 Å². The van der Waals surface area contributed by atoms with E-state index in [1.54, 1.807) is 50.3 Å². The first-order chi connectivity index (χ1) is 19.2. The second kappa shape index (κ2) is 12.5. The van der Waals surface area contributed by atoms with Crippen LogP contribution in [0.15, 0.2) is 74.6 Å². The molecule has 2 heterocycles. The molecule has 0 fully saturated rings. The predicted octanol–water partition coefficient (Wildman–Crippen LogP) is 4.06. The number of nitrogens with zero attached hydrogens (tertiary/aromatic N) is 2. The van der Waals surface area contributed by atoms with E-state index in [4.69, 9.17) is 18.9 Å². The molecule has 0 aliphatic carbocycles. The van der Waals surface area contributed by atoms with Crippen LogP contribution in [0.25, 0.3) is 6.08 Å². The maximum atomic E-state index is 13.9. The molecule has 0 amide bonds. The van der Waals surface area contributed by atoms with Gasteiger partial charge < -0.3 is 18.9 Å². The van der Waals surface area contributed by atoms with Crippen molar-refractivity contribution < 1.29 is 28.5 Å². The first kappa shape index (κ1) is 29.0. The van der Waals surface area contributed by atoms with Crippen molar-refractivity contribution in [1.29, 1.82) is 0 Å². The summed E-state index contributed by atoms with van der Waals surface area (Å²) in [5.74, 6) is 0.161. The fourth-order valence-electron chi connectivity index (χ4n) is 4.23. The summed E-state index contributed by atoms with van der Waals surface area (Å²) < 4.78 is 24.0. The van der Waals surface area contributed by atoms with Gasteiger partial charge in [0.25, 0.3) is 5.56 Å².